The quantitative estimate of drug-likeness (QED) is 0.868. The number of piperazine rings is 1. The van der Waals surface area contributed by atoms with Crippen molar-refractivity contribution in [1.29, 1.82) is 0 Å². The number of hydrogen-bond donors (Lipinski definition) is 1. The van der Waals surface area contributed by atoms with E-state index in [1.165, 1.54) is 12.1 Å². The minimum Gasteiger partial charge on any atom is -0.368 e. The molecule has 0 saturated carbocycles. The zero-order chi connectivity index (χ0) is 19.7. The van der Waals surface area contributed by atoms with Crippen molar-refractivity contribution in [1.82, 2.24) is 14.9 Å². The Balaban J connectivity index is 1.64. The lowest BCUT2D eigenvalue weighted by Crippen LogP contribution is -2.48. The van der Waals surface area contributed by atoms with Gasteiger partial charge in [-0.3, -0.25) is 4.79 Å². The maximum Gasteiger partial charge on any atom is 0.222 e. The molecule has 1 fully saturated rings. The third-order valence-electron chi connectivity index (χ3n) is 5.18. The number of aromatic nitrogens is 2. The van der Waals surface area contributed by atoms with Crippen molar-refractivity contribution in [3.8, 4) is 0 Å². The topological polar surface area (TPSA) is 75.4 Å². The van der Waals surface area contributed by atoms with E-state index in [0.717, 1.165) is 28.2 Å². The van der Waals surface area contributed by atoms with Crippen molar-refractivity contribution in [3.63, 3.8) is 0 Å². The van der Waals surface area contributed by atoms with Gasteiger partial charge in [-0.05, 0) is 35.8 Å². The average Bonchev–Trinajstić information content (AvgIpc) is 2.91. The molecule has 1 aromatic carbocycles. The van der Waals surface area contributed by atoms with Gasteiger partial charge in [0.2, 0.25) is 11.9 Å². The SMILES string of the molecule is CC(=O)N1CCN(c2nc(N)nc3c2CC=C(c2ccc(F)cc2)C=C3)CC1. The number of nitrogen functional groups attached to an aromatic ring is 1. The molecule has 2 aliphatic rings. The number of allylic oxidation sites excluding steroid dienone is 3. The molecule has 2 aromatic rings. The maximum absolute atomic E-state index is 13.2. The Labute approximate surface area is 163 Å². The molecule has 1 amide bonds. The molecule has 4 rings (SSSR count). The Morgan fingerprint density at radius 3 is 2.46 bits per heavy atom. The van der Waals surface area contributed by atoms with E-state index in [4.69, 9.17) is 5.73 Å². The molecule has 0 atom stereocenters. The average molecular weight is 379 g/mol. The van der Waals surface area contributed by atoms with Crippen LogP contribution in [-0.2, 0) is 11.2 Å². The van der Waals surface area contributed by atoms with Gasteiger partial charge in [0.25, 0.3) is 0 Å². The first kappa shape index (κ1) is 18.2. The Kier molecular flexibility index (Phi) is 4.81. The van der Waals surface area contributed by atoms with Crippen molar-refractivity contribution in [3.05, 3.63) is 59.1 Å². The van der Waals surface area contributed by atoms with Crippen LogP contribution >= 0.6 is 0 Å². The van der Waals surface area contributed by atoms with Gasteiger partial charge in [0.05, 0.1) is 5.69 Å². The van der Waals surface area contributed by atoms with E-state index in [2.05, 4.69) is 20.9 Å². The highest BCUT2D eigenvalue weighted by atomic mass is 19.1. The minimum atomic E-state index is -0.254. The standard InChI is InChI=1S/C21H22FN5O/c1-14(28)26-10-12-27(13-11-26)20-18-8-4-16(15-2-6-17(22)7-3-15)5-9-19(18)24-21(23)25-20/h2-7,9H,8,10-13H2,1H3,(H2,23,24,25). The molecule has 0 unspecified atom stereocenters. The van der Waals surface area contributed by atoms with E-state index < -0.39 is 0 Å². The van der Waals surface area contributed by atoms with Gasteiger partial charge in [-0.1, -0.05) is 24.3 Å². The van der Waals surface area contributed by atoms with Crippen molar-refractivity contribution >= 4 is 29.3 Å². The predicted octanol–water partition coefficient (Wildman–Crippen LogP) is 2.52. The molecule has 1 saturated heterocycles. The van der Waals surface area contributed by atoms with Crippen molar-refractivity contribution in [2.24, 2.45) is 0 Å². The normalized spacial score (nSPS) is 16.4. The van der Waals surface area contributed by atoms with Crippen LogP contribution in [0, 0.1) is 5.82 Å². The molecule has 28 heavy (non-hydrogen) atoms. The highest BCUT2D eigenvalue weighted by Crippen LogP contribution is 2.30. The molecule has 6 nitrogen and oxygen atoms in total. The van der Waals surface area contributed by atoms with Crippen LogP contribution in [0.5, 0.6) is 0 Å². The molecule has 0 bridgehead atoms. The summed E-state index contributed by atoms with van der Waals surface area (Å²) in [5.41, 5.74) is 9.73. The van der Waals surface area contributed by atoms with Gasteiger partial charge in [0, 0.05) is 38.7 Å². The van der Waals surface area contributed by atoms with Crippen LogP contribution in [0.2, 0.25) is 0 Å². The number of rotatable bonds is 2. The van der Waals surface area contributed by atoms with E-state index in [-0.39, 0.29) is 17.7 Å². The summed E-state index contributed by atoms with van der Waals surface area (Å²) in [7, 11) is 0. The zero-order valence-electron chi connectivity index (χ0n) is 15.7. The number of halogens is 1. The van der Waals surface area contributed by atoms with Crippen LogP contribution in [0.4, 0.5) is 16.2 Å². The number of anilines is 2. The summed E-state index contributed by atoms with van der Waals surface area (Å²) in [5, 5.41) is 0. The summed E-state index contributed by atoms with van der Waals surface area (Å²) in [5.74, 6) is 0.899. The van der Waals surface area contributed by atoms with Crippen LogP contribution in [0.15, 0.2) is 36.4 Å². The lowest BCUT2D eigenvalue weighted by atomic mass is 10.0. The molecule has 1 aromatic heterocycles. The fourth-order valence-electron chi connectivity index (χ4n) is 3.64. The molecule has 0 spiro atoms. The predicted molar refractivity (Wildman–Crippen MR) is 108 cm³/mol. The van der Waals surface area contributed by atoms with E-state index in [1.54, 1.807) is 19.1 Å². The molecular formula is C21H22FN5O. The Morgan fingerprint density at radius 2 is 1.79 bits per heavy atom. The number of nitrogens with zero attached hydrogens (tertiary/aromatic N) is 4. The molecule has 1 aliphatic heterocycles. The third-order valence-corrected chi connectivity index (χ3v) is 5.18. The number of amides is 1. The van der Waals surface area contributed by atoms with Gasteiger partial charge in [0.1, 0.15) is 11.6 Å². The van der Waals surface area contributed by atoms with Gasteiger partial charge in [-0.25, -0.2) is 9.37 Å². The molecule has 2 N–H and O–H groups in total. The Hall–Kier alpha value is -3.22. The molecular weight excluding hydrogens is 357 g/mol. The van der Waals surface area contributed by atoms with E-state index in [0.29, 0.717) is 32.6 Å². The monoisotopic (exact) mass is 379 g/mol. The van der Waals surface area contributed by atoms with E-state index >= 15 is 0 Å². The van der Waals surface area contributed by atoms with Crippen LogP contribution in [0.3, 0.4) is 0 Å². The van der Waals surface area contributed by atoms with E-state index in [1.807, 2.05) is 17.1 Å². The van der Waals surface area contributed by atoms with Crippen molar-refractivity contribution in [2.45, 2.75) is 13.3 Å². The van der Waals surface area contributed by atoms with Crippen LogP contribution in [0.1, 0.15) is 23.7 Å². The summed E-state index contributed by atoms with van der Waals surface area (Å²) in [4.78, 5) is 24.5. The van der Waals surface area contributed by atoms with Gasteiger partial charge in [-0.15, -0.1) is 0 Å². The van der Waals surface area contributed by atoms with Gasteiger partial charge in [0.15, 0.2) is 0 Å². The largest absolute Gasteiger partial charge is 0.368 e. The molecule has 2 heterocycles. The van der Waals surface area contributed by atoms with Gasteiger partial charge in [-0.2, -0.15) is 4.98 Å². The number of carbonyl (C=O) groups is 1. The van der Waals surface area contributed by atoms with Crippen molar-refractivity contribution in [2.75, 3.05) is 36.8 Å². The summed E-state index contributed by atoms with van der Waals surface area (Å²) in [6.45, 7) is 4.35. The second kappa shape index (κ2) is 7.42. The highest BCUT2D eigenvalue weighted by Gasteiger charge is 2.24. The summed E-state index contributed by atoms with van der Waals surface area (Å²) < 4.78 is 13.2. The summed E-state index contributed by atoms with van der Waals surface area (Å²) >= 11 is 0. The van der Waals surface area contributed by atoms with Crippen LogP contribution in [0.25, 0.3) is 11.6 Å². The first-order chi connectivity index (χ1) is 13.5. The lowest BCUT2D eigenvalue weighted by Gasteiger charge is -2.35. The summed E-state index contributed by atoms with van der Waals surface area (Å²) in [6.07, 6.45) is 6.66. The lowest BCUT2D eigenvalue weighted by molar-refractivity contribution is -0.129. The van der Waals surface area contributed by atoms with Gasteiger partial charge >= 0.3 is 0 Å². The third kappa shape index (κ3) is 3.60. The Morgan fingerprint density at radius 1 is 1.07 bits per heavy atom. The van der Waals surface area contributed by atoms with Crippen LogP contribution in [-0.4, -0.2) is 47.0 Å². The number of benzene rings is 1. The number of carbonyl (C=O) groups excluding carboxylic acids is 1. The second-order valence-electron chi connectivity index (χ2n) is 6.97. The zero-order valence-corrected chi connectivity index (χ0v) is 15.7. The maximum atomic E-state index is 13.2. The second-order valence-corrected chi connectivity index (χ2v) is 6.97. The number of hydrogen-bond acceptors (Lipinski definition) is 5. The number of fused-ring (bicyclic) bond motifs is 1. The fraction of sp³-hybridized carbons (Fsp3) is 0.286. The Bertz CT molecular complexity index is 960. The smallest absolute Gasteiger partial charge is 0.222 e. The summed E-state index contributed by atoms with van der Waals surface area (Å²) in [6, 6.07) is 6.45. The fourth-order valence-corrected chi connectivity index (χ4v) is 3.64. The minimum absolute atomic E-state index is 0.0930. The molecule has 7 heteroatoms. The van der Waals surface area contributed by atoms with Crippen LogP contribution < -0.4 is 10.6 Å². The van der Waals surface area contributed by atoms with E-state index in [9.17, 15) is 9.18 Å². The molecule has 0 radical (unpaired) electrons. The first-order valence-corrected chi connectivity index (χ1v) is 9.32. The first-order valence-electron chi connectivity index (χ1n) is 9.32. The number of nitrogens with two attached hydrogens (primary N) is 1. The van der Waals surface area contributed by atoms with Gasteiger partial charge < -0.3 is 15.5 Å². The van der Waals surface area contributed by atoms with Crippen molar-refractivity contribution < 1.29 is 9.18 Å². The highest BCUT2D eigenvalue weighted by molar-refractivity contribution is 5.81. The molecule has 144 valence electrons. The molecule has 1 aliphatic carbocycles.